The maximum atomic E-state index is 13.5. The molecule has 0 radical (unpaired) electrons. The van der Waals surface area contributed by atoms with E-state index in [0.717, 1.165) is 36.9 Å². The van der Waals surface area contributed by atoms with Crippen LogP contribution in [-0.2, 0) is 14.8 Å². The zero-order chi connectivity index (χ0) is 23.4. The Balaban J connectivity index is 1.39. The summed E-state index contributed by atoms with van der Waals surface area (Å²) in [7, 11) is -3.82. The number of rotatable bonds is 6. The molecule has 0 N–H and O–H groups in total. The van der Waals surface area contributed by atoms with Crippen molar-refractivity contribution in [3.63, 3.8) is 0 Å². The Hall–Kier alpha value is -2.43. The van der Waals surface area contributed by atoms with Crippen molar-refractivity contribution in [3.05, 3.63) is 59.9 Å². The standard InChI is InChI=1S/C23H26FN3O4S2/c24-18-6-5-7-19(16-18)33(30,31)27-14-12-26(13-15-27)23(29)20-8-1-2-9-21(20)32-17-22(28)25-10-3-4-11-25/h1-2,5-9,16H,3-4,10-15,17H2. The first kappa shape index (κ1) is 23.7. The summed E-state index contributed by atoms with van der Waals surface area (Å²) in [6.07, 6.45) is 2.07. The Kier molecular flexibility index (Phi) is 7.35. The van der Waals surface area contributed by atoms with Crippen molar-refractivity contribution >= 4 is 33.6 Å². The predicted octanol–water partition coefficient (Wildman–Crippen LogP) is 2.69. The number of benzene rings is 2. The lowest BCUT2D eigenvalue weighted by Gasteiger charge is -2.34. The van der Waals surface area contributed by atoms with Gasteiger partial charge in [-0.2, -0.15) is 4.31 Å². The molecule has 2 saturated heterocycles. The normalized spacial score (nSPS) is 17.4. The summed E-state index contributed by atoms with van der Waals surface area (Å²) in [5.41, 5.74) is 0.512. The van der Waals surface area contributed by atoms with Crippen LogP contribution in [0.15, 0.2) is 58.3 Å². The average molecular weight is 492 g/mol. The number of halogens is 1. The largest absolute Gasteiger partial charge is 0.342 e. The molecule has 0 saturated carbocycles. The highest BCUT2D eigenvalue weighted by Gasteiger charge is 2.31. The quantitative estimate of drug-likeness (QED) is 0.581. The topological polar surface area (TPSA) is 78.0 Å². The van der Waals surface area contributed by atoms with Gasteiger partial charge in [-0.05, 0) is 43.2 Å². The molecule has 4 rings (SSSR count). The number of thioether (sulfide) groups is 1. The van der Waals surface area contributed by atoms with E-state index in [1.165, 1.54) is 34.3 Å². The third-order valence-electron chi connectivity index (χ3n) is 5.89. The number of carbonyl (C=O) groups excluding carboxylic acids is 2. The van der Waals surface area contributed by atoms with E-state index in [4.69, 9.17) is 0 Å². The summed E-state index contributed by atoms with van der Waals surface area (Å²) in [6, 6.07) is 12.1. The highest BCUT2D eigenvalue weighted by atomic mass is 32.2. The fourth-order valence-electron chi connectivity index (χ4n) is 4.04. The zero-order valence-corrected chi connectivity index (χ0v) is 19.8. The number of carbonyl (C=O) groups is 2. The maximum absolute atomic E-state index is 13.5. The van der Waals surface area contributed by atoms with Crippen LogP contribution in [0.4, 0.5) is 4.39 Å². The van der Waals surface area contributed by atoms with Gasteiger partial charge in [0, 0.05) is 44.2 Å². The molecule has 0 bridgehead atoms. The van der Waals surface area contributed by atoms with E-state index in [0.29, 0.717) is 5.56 Å². The van der Waals surface area contributed by atoms with E-state index >= 15 is 0 Å². The molecule has 0 atom stereocenters. The molecule has 2 fully saturated rings. The molecule has 176 valence electrons. The van der Waals surface area contributed by atoms with E-state index in [1.807, 2.05) is 17.0 Å². The Morgan fingerprint density at radius 1 is 0.879 bits per heavy atom. The van der Waals surface area contributed by atoms with Gasteiger partial charge in [-0.1, -0.05) is 18.2 Å². The van der Waals surface area contributed by atoms with Gasteiger partial charge in [0.15, 0.2) is 0 Å². The Bertz CT molecular complexity index is 1130. The summed E-state index contributed by atoms with van der Waals surface area (Å²) in [4.78, 5) is 29.7. The highest BCUT2D eigenvalue weighted by Crippen LogP contribution is 2.26. The number of amides is 2. The van der Waals surface area contributed by atoms with Crippen LogP contribution in [0, 0.1) is 5.82 Å². The number of piperazine rings is 1. The second kappa shape index (κ2) is 10.2. The molecule has 2 amide bonds. The third-order valence-corrected chi connectivity index (χ3v) is 8.84. The number of likely N-dealkylation sites (tertiary alicyclic amines) is 1. The van der Waals surface area contributed by atoms with Gasteiger partial charge < -0.3 is 9.80 Å². The van der Waals surface area contributed by atoms with Crippen LogP contribution in [0.25, 0.3) is 0 Å². The summed E-state index contributed by atoms with van der Waals surface area (Å²) in [6.45, 7) is 2.32. The molecule has 0 aliphatic carbocycles. The van der Waals surface area contributed by atoms with Crippen LogP contribution in [0.2, 0.25) is 0 Å². The first-order chi connectivity index (χ1) is 15.9. The van der Waals surface area contributed by atoms with E-state index in [-0.39, 0.29) is 48.6 Å². The monoisotopic (exact) mass is 491 g/mol. The fraction of sp³-hybridized carbons (Fsp3) is 0.391. The van der Waals surface area contributed by atoms with Gasteiger partial charge in [0.2, 0.25) is 15.9 Å². The first-order valence-electron chi connectivity index (χ1n) is 10.9. The van der Waals surface area contributed by atoms with Gasteiger partial charge >= 0.3 is 0 Å². The molecular formula is C23H26FN3O4S2. The van der Waals surface area contributed by atoms with Crippen LogP contribution < -0.4 is 0 Å². The molecule has 2 aliphatic heterocycles. The molecule has 0 spiro atoms. The van der Waals surface area contributed by atoms with Gasteiger partial charge in [0.1, 0.15) is 5.82 Å². The maximum Gasteiger partial charge on any atom is 0.255 e. The summed E-state index contributed by atoms with van der Waals surface area (Å²) < 4.78 is 40.4. The van der Waals surface area contributed by atoms with Crippen molar-refractivity contribution < 1.29 is 22.4 Å². The minimum atomic E-state index is -3.82. The summed E-state index contributed by atoms with van der Waals surface area (Å²) >= 11 is 1.36. The van der Waals surface area contributed by atoms with Crippen LogP contribution in [0.1, 0.15) is 23.2 Å². The molecule has 2 aromatic carbocycles. The molecule has 10 heteroatoms. The Morgan fingerprint density at radius 2 is 1.58 bits per heavy atom. The van der Waals surface area contributed by atoms with Gasteiger partial charge in [-0.15, -0.1) is 11.8 Å². The van der Waals surface area contributed by atoms with Crippen molar-refractivity contribution in [1.29, 1.82) is 0 Å². The third kappa shape index (κ3) is 5.39. The van der Waals surface area contributed by atoms with E-state index in [2.05, 4.69) is 0 Å². The summed E-state index contributed by atoms with van der Waals surface area (Å²) in [5, 5.41) is 0. The minimum Gasteiger partial charge on any atom is -0.342 e. The Morgan fingerprint density at radius 3 is 2.27 bits per heavy atom. The molecule has 7 nitrogen and oxygen atoms in total. The lowest BCUT2D eigenvalue weighted by atomic mass is 10.2. The molecule has 0 aromatic heterocycles. The summed E-state index contributed by atoms with van der Waals surface area (Å²) in [5.74, 6) is -0.433. The molecule has 2 aromatic rings. The van der Waals surface area contributed by atoms with Gasteiger partial charge in [0.25, 0.3) is 5.91 Å². The second-order valence-corrected chi connectivity index (χ2v) is 11.0. The molecule has 33 heavy (non-hydrogen) atoms. The van der Waals surface area contributed by atoms with Crippen molar-refractivity contribution in [2.45, 2.75) is 22.6 Å². The molecular weight excluding hydrogens is 465 g/mol. The van der Waals surface area contributed by atoms with Crippen molar-refractivity contribution in [3.8, 4) is 0 Å². The number of nitrogens with zero attached hydrogens (tertiary/aromatic N) is 3. The van der Waals surface area contributed by atoms with Gasteiger partial charge in [-0.3, -0.25) is 9.59 Å². The first-order valence-corrected chi connectivity index (χ1v) is 13.3. The van der Waals surface area contributed by atoms with Crippen LogP contribution in [0.5, 0.6) is 0 Å². The molecule has 2 aliphatic rings. The number of hydrogen-bond donors (Lipinski definition) is 0. The highest BCUT2D eigenvalue weighted by molar-refractivity contribution is 8.00. The van der Waals surface area contributed by atoms with Crippen LogP contribution in [0.3, 0.4) is 0 Å². The van der Waals surface area contributed by atoms with E-state index < -0.39 is 15.8 Å². The smallest absolute Gasteiger partial charge is 0.255 e. The van der Waals surface area contributed by atoms with Gasteiger partial charge in [0.05, 0.1) is 16.2 Å². The predicted molar refractivity (Wildman–Crippen MR) is 124 cm³/mol. The van der Waals surface area contributed by atoms with Crippen molar-refractivity contribution in [1.82, 2.24) is 14.1 Å². The molecule has 2 heterocycles. The zero-order valence-electron chi connectivity index (χ0n) is 18.2. The number of hydrogen-bond acceptors (Lipinski definition) is 5. The minimum absolute atomic E-state index is 0.0796. The lowest BCUT2D eigenvalue weighted by Crippen LogP contribution is -2.50. The van der Waals surface area contributed by atoms with Crippen molar-refractivity contribution in [2.24, 2.45) is 0 Å². The van der Waals surface area contributed by atoms with Crippen LogP contribution >= 0.6 is 11.8 Å². The number of sulfonamides is 1. The van der Waals surface area contributed by atoms with E-state index in [9.17, 15) is 22.4 Å². The Labute approximate surface area is 197 Å². The van der Waals surface area contributed by atoms with Crippen LogP contribution in [-0.4, -0.2) is 79.4 Å². The van der Waals surface area contributed by atoms with Crippen molar-refractivity contribution in [2.75, 3.05) is 45.0 Å². The molecule has 0 unspecified atom stereocenters. The van der Waals surface area contributed by atoms with Gasteiger partial charge in [-0.25, -0.2) is 12.8 Å². The SMILES string of the molecule is O=C(CSc1ccccc1C(=O)N1CCN(S(=O)(=O)c2cccc(F)c2)CC1)N1CCCC1. The van der Waals surface area contributed by atoms with E-state index in [1.54, 1.807) is 17.0 Å². The average Bonchev–Trinajstić information content (AvgIpc) is 3.38. The lowest BCUT2D eigenvalue weighted by molar-refractivity contribution is -0.127. The fourth-order valence-corrected chi connectivity index (χ4v) is 6.45. The second-order valence-electron chi connectivity index (χ2n) is 8.03.